The molecule has 106 valence electrons. The van der Waals surface area contributed by atoms with Crippen LogP contribution in [-0.4, -0.2) is 0 Å². The topological polar surface area (TPSA) is 0 Å². The Labute approximate surface area is 131 Å². The second kappa shape index (κ2) is 4.99. The molecule has 0 aromatic heterocycles. The van der Waals surface area contributed by atoms with Crippen LogP contribution in [0.2, 0.25) is 0 Å². The molecule has 0 saturated heterocycles. The van der Waals surface area contributed by atoms with Crippen LogP contribution in [0.1, 0.15) is 11.1 Å². The van der Waals surface area contributed by atoms with Crippen LogP contribution < -0.4 is 0 Å². The second-order valence-corrected chi connectivity index (χ2v) is 6.02. The Kier molecular flexibility index (Phi) is 2.97. The van der Waals surface area contributed by atoms with Gasteiger partial charge in [-0.05, 0) is 69.8 Å². The summed E-state index contributed by atoms with van der Waals surface area (Å²) in [7, 11) is 0. The molecule has 0 heteroatoms. The minimum atomic E-state index is 1.28. The molecule has 0 radical (unpaired) electrons. The predicted molar refractivity (Wildman–Crippen MR) is 96.4 cm³/mol. The van der Waals surface area contributed by atoms with Crippen molar-refractivity contribution in [3.8, 4) is 11.1 Å². The summed E-state index contributed by atoms with van der Waals surface area (Å²) in [5, 5.41) is 5.29. The van der Waals surface area contributed by atoms with E-state index in [-0.39, 0.29) is 0 Å². The molecule has 4 rings (SSSR count). The molecule has 0 nitrogen and oxygen atoms in total. The van der Waals surface area contributed by atoms with Crippen LogP contribution in [0.3, 0.4) is 0 Å². The Hall–Kier alpha value is -2.60. The number of rotatable bonds is 1. The van der Waals surface area contributed by atoms with Crippen LogP contribution in [0.4, 0.5) is 0 Å². The molecule has 0 saturated carbocycles. The molecule has 0 heterocycles. The predicted octanol–water partition coefficient (Wildman–Crippen LogP) is 6.28. The van der Waals surface area contributed by atoms with Crippen molar-refractivity contribution in [1.29, 1.82) is 0 Å². The minimum absolute atomic E-state index is 1.28. The van der Waals surface area contributed by atoms with Crippen molar-refractivity contribution in [2.24, 2.45) is 0 Å². The van der Waals surface area contributed by atoms with Gasteiger partial charge in [0.2, 0.25) is 0 Å². The Morgan fingerprint density at radius 3 is 1.41 bits per heavy atom. The summed E-state index contributed by atoms with van der Waals surface area (Å²) in [6.45, 7) is 4.35. The van der Waals surface area contributed by atoms with E-state index < -0.39 is 0 Å². The summed E-state index contributed by atoms with van der Waals surface area (Å²) >= 11 is 0. The maximum atomic E-state index is 2.31. The molecule has 4 aromatic carbocycles. The Morgan fingerprint density at radius 2 is 0.955 bits per heavy atom. The SMILES string of the molecule is Cc1cccc2ccc(-c3ccc4cccc(C)c4c3)cc12. The van der Waals surface area contributed by atoms with Gasteiger partial charge in [-0.3, -0.25) is 0 Å². The zero-order valence-corrected chi connectivity index (χ0v) is 12.9. The van der Waals surface area contributed by atoms with Gasteiger partial charge in [-0.15, -0.1) is 0 Å². The van der Waals surface area contributed by atoms with Crippen molar-refractivity contribution >= 4 is 21.5 Å². The standard InChI is InChI=1S/C22H18/c1-15-5-3-7-17-9-11-19(13-21(15)17)20-12-10-18-8-4-6-16(2)22(18)14-20/h3-14H,1-2H3. The lowest BCUT2D eigenvalue weighted by Gasteiger charge is -2.09. The van der Waals surface area contributed by atoms with E-state index in [4.69, 9.17) is 0 Å². The van der Waals surface area contributed by atoms with E-state index in [0.29, 0.717) is 0 Å². The smallest absolute Gasteiger partial charge is 0.0149 e. The van der Waals surface area contributed by atoms with Crippen LogP contribution in [0.5, 0.6) is 0 Å². The third-order valence-electron chi connectivity index (χ3n) is 4.53. The van der Waals surface area contributed by atoms with E-state index >= 15 is 0 Å². The summed E-state index contributed by atoms with van der Waals surface area (Å²) < 4.78 is 0. The van der Waals surface area contributed by atoms with Gasteiger partial charge < -0.3 is 0 Å². The highest BCUT2D eigenvalue weighted by Crippen LogP contribution is 2.29. The third-order valence-corrected chi connectivity index (χ3v) is 4.53. The molecule has 0 N–H and O–H groups in total. The van der Waals surface area contributed by atoms with Gasteiger partial charge in [0.1, 0.15) is 0 Å². The molecule has 22 heavy (non-hydrogen) atoms. The molecule has 0 aliphatic carbocycles. The van der Waals surface area contributed by atoms with Crippen LogP contribution in [0.15, 0.2) is 72.8 Å². The van der Waals surface area contributed by atoms with Gasteiger partial charge in [-0.2, -0.15) is 0 Å². The first kappa shape index (κ1) is 13.1. The number of benzene rings is 4. The fraction of sp³-hybridized carbons (Fsp3) is 0.0909. The molecule has 0 spiro atoms. The van der Waals surface area contributed by atoms with Crippen molar-refractivity contribution in [3.05, 3.63) is 83.9 Å². The number of hydrogen-bond acceptors (Lipinski definition) is 0. The van der Waals surface area contributed by atoms with Gasteiger partial charge in [-0.25, -0.2) is 0 Å². The maximum absolute atomic E-state index is 2.31. The third kappa shape index (κ3) is 2.08. The first-order valence-corrected chi connectivity index (χ1v) is 7.71. The highest BCUT2D eigenvalue weighted by Gasteiger charge is 2.04. The maximum Gasteiger partial charge on any atom is -0.0149 e. The highest BCUT2D eigenvalue weighted by molar-refractivity contribution is 5.93. The summed E-state index contributed by atoms with van der Waals surface area (Å²) in [5.41, 5.74) is 5.23. The summed E-state index contributed by atoms with van der Waals surface area (Å²) in [6, 6.07) is 26.5. The normalized spacial score (nSPS) is 11.2. The highest BCUT2D eigenvalue weighted by atomic mass is 14.1. The average molecular weight is 282 g/mol. The van der Waals surface area contributed by atoms with E-state index in [1.165, 1.54) is 43.8 Å². The Bertz CT molecular complexity index is 910. The van der Waals surface area contributed by atoms with Crippen LogP contribution >= 0.6 is 0 Å². The first-order valence-electron chi connectivity index (χ1n) is 7.71. The van der Waals surface area contributed by atoms with Gasteiger partial charge in [0.25, 0.3) is 0 Å². The monoisotopic (exact) mass is 282 g/mol. The minimum Gasteiger partial charge on any atom is -0.0614 e. The van der Waals surface area contributed by atoms with E-state index in [0.717, 1.165) is 0 Å². The van der Waals surface area contributed by atoms with Crippen LogP contribution in [0, 0.1) is 13.8 Å². The molecule has 0 aliphatic heterocycles. The van der Waals surface area contributed by atoms with Crippen molar-refractivity contribution in [3.63, 3.8) is 0 Å². The summed E-state index contributed by atoms with van der Waals surface area (Å²) in [5.74, 6) is 0. The summed E-state index contributed by atoms with van der Waals surface area (Å²) in [6.07, 6.45) is 0. The molecule has 0 unspecified atom stereocenters. The number of hydrogen-bond donors (Lipinski definition) is 0. The van der Waals surface area contributed by atoms with E-state index in [1.807, 2.05) is 0 Å². The van der Waals surface area contributed by atoms with Crippen molar-refractivity contribution < 1.29 is 0 Å². The van der Waals surface area contributed by atoms with Crippen molar-refractivity contribution in [1.82, 2.24) is 0 Å². The van der Waals surface area contributed by atoms with Crippen LogP contribution in [0.25, 0.3) is 32.7 Å². The van der Waals surface area contributed by atoms with E-state index in [1.54, 1.807) is 0 Å². The average Bonchev–Trinajstić information content (AvgIpc) is 2.55. The Balaban J connectivity index is 1.95. The molecule has 0 fully saturated rings. The largest absolute Gasteiger partial charge is 0.0614 e. The first-order chi connectivity index (χ1) is 10.7. The zero-order valence-electron chi connectivity index (χ0n) is 12.9. The van der Waals surface area contributed by atoms with Gasteiger partial charge in [-0.1, -0.05) is 60.7 Å². The van der Waals surface area contributed by atoms with Gasteiger partial charge >= 0.3 is 0 Å². The van der Waals surface area contributed by atoms with E-state index in [9.17, 15) is 0 Å². The fourth-order valence-corrected chi connectivity index (χ4v) is 3.22. The van der Waals surface area contributed by atoms with E-state index in [2.05, 4.69) is 86.6 Å². The van der Waals surface area contributed by atoms with Gasteiger partial charge in [0.15, 0.2) is 0 Å². The zero-order chi connectivity index (χ0) is 15.1. The van der Waals surface area contributed by atoms with Crippen LogP contribution in [-0.2, 0) is 0 Å². The summed E-state index contributed by atoms with van der Waals surface area (Å²) in [4.78, 5) is 0. The van der Waals surface area contributed by atoms with Gasteiger partial charge in [0.05, 0.1) is 0 Å². The molecule has 0 aliphatic rings. The molecule has 0 bridgehead atoms. The quantitative estimate of drug-likeness (QED) is 0.385. The molecular weight excluding hydrogens is 264 g/mol. The molecule has 4 aromatic rings. The number of fused-ring (bicyclic) bond motifs is 2. The van der Waals surface area contributed by atoms with Gasteiger partial charge in [0, 0.05) is 0 Å². The number of aryl methyl sites for hydroxylation is 2. The lowest BCUT2D eigenvalue weighted by atomic mass is 9.96. The molecule has 0 atom stereocenters. The fourth-order valence-electron chi connectivity index (χ4n) is 3.22. The molecular formula is C22H18. The van der Waals surface area contributed by atoms with Crippen molar-refractivity contribution in [2.45, 2.75) is 13.8 Å². The molecule has 0 amide bonds. The Morgan fingerprint density at radius 1 is 0.500 bits per heavy atom. The second-order valence-electron chi connectivity index (χ2n) is 6.02. The lowest BCUT2D eigenvalue weighted by molar-refractivity contribution is 1.52. The van der Waals surface area contributed by atoms with Crippen molar-refractivity contribution in [2.75, 3.05) is 0 Å². The lowest BCUT2D eigenvalue weighted by Crippen LogP contribution is -1.84.